The standard InChI is InChI=1S/C18H27N3O2/c1-19-17(21-10-7-18(13-21)8-11-23-14-18)20-9-6-15-4-3-5-16(12-15)22-2/h3-5,12H,6-11,13-14H2,1-2H3,(H,19,20). The molecule has 1 aromatic rings. The number of benzene rings is 1. The van der Waals surface area contributed by atoms with Crippen LogP contribution in [0.1, 0.15) is 18.4 Å². The topological polar surface area (TPSA) is 46.1 Å². The Morgan fingerprint density at radius 1 is 1.43 bits per heavy atom. The molecule has 23 heavy (non-hydrogen) atoms. The van der Waals surface area contributed by atoms with Gasteiger partial charge in [0.1, 0.15) is 5.75 Å². The van der Waals surface area contributed by atoms with Gasteiger partial charge >= 0.3 is 0 Å². The van der Waals surface area contributed by atoms with Crippen LogP contribution in [0.25, 0.3) is 0 Å². The molecular weight excluding hydrogens is 290 g/mol. The van der Waals surface area contributed by atoms with Crippen LogP contribution in [0.3, 0.4) is 0 Å². The summed E-state index contributed by atoms with van der Waals surface area (Å²) in [5.41, 5.74) is 1.64. The lowest BCUT2D eigenvalue weighted by atomic mass is 9.87. The van der Waals surface area contributed by atoms with Crippen molar-refractivity contribution in [3.63, 3.8) is 0 Å². The Morgan fingerprint density at radius 2 is 2.35 bits per heavy atom. The van der Waals surface area contributed by atoms with Crippen molar-refractivity contribution in [2.45, 2.75) is 19.3 Å². The molecule has 0 aliphatic carbocycles. The summed E-state index contributed by atoms with van der Waals surface area (Å²) in [4.78, 5) is 6.83. The van der Waals surface area contributed by atoms with E-state index in [4.69, 9.17) is 9.47 Å². The van der Waals surface area contributed by atoms with Crippen LogP contribution in [0, 0.1) is 5.41 Å². The molecule has 2 fully saturated rings. The molecule has 0 saturated carbocycles. The molecule has 1 atom stereocenters. The van der Waals surface area contributed by atoms with Crippen molar-refractivity contribution < 1.29 is 9.47 Å². The summed E-state index contributed by atoms with van der Waals surface area (Å²) in [6.45, 7) is 4.83. The molecule has 0 radical (unpaired) electrons. The van der Waals surface area contributed by atoms with Gasteiger partial charge < -0.3 is 19.7 Å². The van der Waals surface area contributed by atoms with E-state index in [0.29, 0.717) is 5.41 Å². The van der Waals surface area contributed by atoms with Gasteiger partial charge in [-0.15, -0.1) is 0 Å². The number of methoxy groups -OCH3 is 1. The van der Waals surface area contributed by atoms with Crippen molar-refractivity contribution in [2.24, 2.45) is 10.4 Å². The highest BCUT2D eigenvalue weighted by Crippen LogP contribution is 2.38. The lowest BCUT2D eigenvalue weighted by Crippen LogP contribution is -2.42. The van der Waals surface area contributed by atoms with Crippen LogP contribution in [-0.2, 0) is 11.2 Å². The smallest absolute Gasteiger partial charge is 0.193 e. The number of hydrogen-bond acceptors (Lipinski definition) is 3. The molecule has 2 saturated heterocycles. The van der Waals surface area contributed by atoms with Crippen molar-refractivity contribution >= 4 is 5.96 Å². The van der Waals surface area contributed by atoms with Crippen LogP contribution in [0.5, 0.6) is 5.75 Å². The quantitative estimate of drug-likeness (QED) is 0.681. The maximum absolute atomic E-state index is 5.61. The predicted octanol–water partition coefficient (Wildman–Crippen LogP) is 1.93. The van der Waals surface area contributed by atoms with E-state index in [1.807, 2.05) is 19.2 Å². The summed E-state index contributed by atoms with van der Waals surface area (Å²) in [5.74, 6) is 1.92. The molecule has 126 valence electrons. The van der Waals surface area contributed by atoms with Crippen LogP contribution in [-0.4, -0.2) is 57.9 Å². The minimum Gasteiger partial charge on any atom is -0.497 e. The predicted molar refractivity (Wildman–Crippen MR) is 92.1 cm³/mol. The maximum atomic E-state index is 5.61. The summed E-state index contributed by atoms with van der Waals surface area (Å²) in [6, 6.07) is 8.23. The van der Waals surface area contributed by atoms with E-state index in [-0.39, 0.29) is 0 Å². The molecule has 5 heteroatoms. The van der Waals surface area contributed by atoms with E-state index >= 15 is 0 Å². The Kier molecular flexibility index (Phi) is 5.06. The Labute approximate surface area is 138 Å². The Balaban J connectivity index is 1.50. The Hall–Kier alpha value is -1.75. The summed E-state index contributed by atoms with van der Waals surface area (Å²) in [7, 11) is 3.57. The molecule has 5 nitrogen and oxygen atoms in total. The zero-order chi connectivity index (χ0) is 16.1. The van der Waals surface area contributed by atoms with E-state index in [1.165, 1.54) is 18.4 Å². The Morgan fingerprint density at radius 3 is 3.09 bits per heavy atom. The second-order valence-corrected chi connectivity index (χ2v) is 6.55. The fraction of sp³-hybridized carbons (Fsp3) is 0.611. The van der Waals surface area contributed by atoms with E-state index in [1.54, 1.807) is 7.11 Å². The number of aliphatic imine (C=N–C) groups is 1. The fourth-order valence-corrected chi connectivity index (χ4v) is 3.57. The maximum Gasteiger partial charge on any atom is 0.193 e. The second kappa shape index (κ2) is 7.21. The van der Waals surface area contributed by atoms with E-state index in [0.717, 1.165) is 51.0 Å². The van der Waals surface area contributed by atoms with Gasteiger partial charge in [-0.1, -0.05) is 12.1 Å². The van der Waals surface area contributed by atoms with Crippen LogP contribution in [0.4, 0.5) is 0 Å². The SMILES string of the molecule is CN=C(NCCc1cccc(OC)c1)N1CCC2(CCOC2)C1. The van der Waals surface area contributed by atoms with Gasteiger partial charge in [-0.3, -0.25) is 4.99 Å². The average Bonchev–Trinajstić information content (AvgIpc) is 3.22. The van der Waals surface area contributed by atoms with Crippen LogP contribution in [0.2, 0.25) is 0 Å². The van der Waals surface area contributed by atoms with Gasteiger partial charge in [0.15, 0.2) is 5.96 Å². The molecule has 0 amide bonds. The first kappa shape index (κ1) is 16.1. The first-order chi connectivity index (χ1) is 11.2. The lowest BCUT2D eigenvalue weighted by molar-refractivity contribution is 0.156. The van der Waals surface area contributed by atoms with Gasteiger partial charge in [0.2, 0.25) is 0 Å². The van der Waals surface area contributed by atoms with Gasteiger partial charge in [-0.2, -0.15) is 0 Å². The highest BCUT2D eigenvalue weighted by Gasteiger charge is 2.42. The third kappa shape index (κ3) is 3.78. The number of nitrogens with zero attached hydrogens (tertiary/aromatic N) is 2. The minimum absolute atomic E-state index is 0.365. The number of nitrogens with one attached hydrogen (secondary N) is 1. The number of ether oxygens (including phenoxy) is 2. The highest BCUT2D eigenvalue weighted by molar-refractivity contribution is 5.80. The van der Waals surface area contributed by atoms with Crippen LogP contribution < -0.4 is 10.1 Å². The minimum atomic E-state index is 0.365. The molecule has 0 aromatic heterocycles. The third-order valence-electron chi connectivity index (χ3n) is 4.97. The largest absolute Gasteiger partial charge is 0.497 e. The summed E-state index contributed by atoms with van der Waals surface area (Å²) >= 11 is 0. The van der Waals surface area contributed by atoms with Crippen LogP contribution >= 0.6 is 0 Å². The molecule has 1 aromatic carbocycles. The number of hydrogen-bond donors (Lipinski definition) is 1. The molecular formula is C18H27N3O2. The molecule has 2 aliphatic rings. The van der Waals surface area contributed by atoms with Gasteiger partial charge in [0, 0.05) is 38.7 Å². The summed E-state index contributed by atoms with van der Waals surface area (Å²) in [5, 5.41) is 3.50. The normalized spacial score (nSPS) is 24.4. The molecule has 2 aliphatic heterocycles. The average molecular weight is 317 g/mol. The summed E-state index contributed by atoms with van der Waals surface area (Å²) in [6.07, 6.45) is 3.35. The van der Waals surface area contributed by atoms with Crippen LogP contribution in [0.15, 0.2) is 29.3 Å². The third-order valence-corrected chi connectivity index (χ3v) is 4.97. The monoisotopic (exact) mass is 317 g/mol. The molecule has 1 spiro atoms. The van der Waals surface area contributed by atoms with Crippen molar-refractivity contribution in [3.05, 3.63) is 29.8 Å². The second-order valence-electron chi connectivity index (χ2n) is 6.55. The zero-order valence-electron chi connectivity index (χ0n) is 14.2. The molecule has 2 heterocycles. The first-order valence-electron chi connectivity index (χ1n) is 8.41. The van der Waals surface area contributed by atoms with E-state index in [9.17, 15) is 0 Å². The number of rotatable bonds is 4. The molecule has 1 N–H and O–H groups in total. The molecule has 0 bridgehead atoms. The summed E-state index contributed by atoms with van der Waals surface area (Å²) < 4.78 is 10.9. The van der Waals surface area contributed by atoms with E-state index in [2.05, 4.69) is 27.3 Å². The van der Waals surface area contributed by atoms with Gasteiger partial charge in [-0.05, 0) is 37.0 Å². The lowest BCUT2D eigenvalue weighted by Gasteiger charge is -2.25. The zero-order valence-corrected chi connectivity index (χ0v) is 14.2. The number of guanidine groups is 1. The van der Waals surface area contributed by atoms with Gasteiger partial charge in [-0.25, -0.2) is 0 Å². The first-order valence-corrected chi connectivity index (χ1v) is 8.41. The van der Waals surface area contributed by atoms with Gasteiger partial charge in [0.05, 0.1) is 13.7 Å². The molecule has 1 unspecified atom stereocenters. The van der Waals surface area contributed by atoms with Crippen molar-refractivity contribution in [1.29, 1.82) is 0 Å². The fourth-order valence-electron chi connectivity index (χ4n) is 3.57. The number of likely N-dealkylation sites (tertiary alicyclic amines) is 1. The van der Waals surface area contributed by atoms with Crippen molar-refractivity contribution in [3.8, 4) is 5.75 Å². The highest BCUT2D eigenvalue weighted by atomic mass is 16.5. The van der Waals surface area contributed by atoms with E-state index < -0.39 is 0 Å². The van der Waals surface area contributed by atoms with Crippen molar-refractivity contribution in [1.82, 2.24) is 10.2 Å². The molecule has 3 rings (SSSR count). The Bertz CT molecular complexity index is 553. The van der Waals surface area contributed by atoms with Crippen molar-refractivity contribution in [2.75, 3.05) is 47.0 Å². The van der Waals surface area contributed by atoms with Gasteiger partial charge in [0.25, 0.3) is 0 Å².